The number of amides is 3. The van der Waals surface area contributed by atoms with E-state index in [4.69, 9.17) is 21.7 Å². The van der Waals surface area contributed by atoms with Crippen LogP contribution in [0.1, 0.15) is 46.0 Å². The summed E-state index contributed by atoms with van der Waals surface area (Å²) in [5, 5.41) is 34.2. The third-order valence-corrected chi connectivity index (χ3v) is 4.62. The molecule has 0 unspecified atom stereocenters. The van der Waals surface area contributed by atoms with Gasteiger partial charge >= 0.3 is 11.9 Å². The van der Waals surface area contributed by atoms with Gasteiger partial charge in [0.05, 0.1) is 6.61 Å². The minimum atomic E-state index is -1.45. The minimum absolute atomic E-state index is 0.148. The second-order valence-corrected chi connectivity index (χ2v) is 7.70. The van der Waals surface area contributed by atoms with Crippen LogP contribution in [-0.2, 0) is 24.0 Å². The number of carboxylic acids is 2. The van der Waals surface area contributed by atoms with E-state index in [1.54, 1.807) is 13.8 Å². The van der Waals surface area contributed by atoms with Gasteiger partial charge in [-0.2, -0.15) is 0 Å². The quantitative estimate of drug-likeness (QED) is 0.112. The molecular weight excluding hydrogens is 426 g/mol. The van der Waals surface area contributed by atoms with E-state index in [9.17, 15) is 29.1 Å². The molecule has 0 aromatic heterocycles. The third kappa shape index (κ3) is 11.0. The fraction of sp³-hybridized carbons (Fsp3) is 0.737. The number of rotatable bonds is 16. The van der Waals surface area contributed by atoms with Crippen LogP contribution in [0.2, 0.25) is 0 Å². The molecule has 184 valence electrons. The number of aliphatic hydroxyl groups excluding tert-OH is 1. The van der Waals surface area contributed by atoms with E-state index >= 15 is 0 Å². The van der Waals surface area contributed by atoms with Crippen molar-refractivity contribution in [2.24, 2.45) is 17.4 Å². The van der Waals surface area contributed by atoms with Crippen LogP contribution in [0.5, 0.6) is 0 Å². The molecule has 10 N–H and O–H groups in total. The fourth-order valence-corrected chi connectivity index (χ4v) is 2.70. The van der Waals surface area contributed by atoms with Crippen LogP contribution in [0.4, 0.5) is 0 Å². The molecule has 13 heteroatoms. The molecule has 13 nitrogen and oxygen atoms in total. The number of aliphatic hydroxyl groups is 1. The molecule has 0 rings (SSSR count). The topological polar surface area (TPSA) is 234 Å². The summed E-state index contributed by atoms with van der Waals surface area (Å²) in [5.74, 6) is -5.24. The zero-order valence-electron chi connectivity index (χ0n) is 18.4. The molecular formula is C19H35N5O8. The Morgan fingerprint density at radius 1 is 0.844 bits per heavy atom. The van der Waals surface area contributed by atoms with Crippen LogP contribution in [0.15, 0.2) is 0 Å². The number of carbonyl (C=O) groups excluding carboxylic acids is 3. The molecule has 0 aromatic carbocycles. The second kappa shape index (κ2) is 15.1. The molecule has 0 saturated heterocycles. The van der Waals surface area contributed by atoms with Crippen molar-refractivity contribution in [3.63, 3.8) is 0 Å². The van der Waals surface area contributed by atoms with Crippen molar-refractivity contribution in [1.82, 2.24) is 16.0 Å². The molecule has 0 radical (unpaired) electrons. The second-order valence-electron chi connectivity index (χ2n) is 7.70. The van der Waals surface area contributed by atoms with Crippen molar-refractivity contribution in [2.75, 3.05) is 13.2 Å². The number of hydrogen-bond acceptors (Lipinski definition) is 8. The molecule has 0 heterocycles. The van der Waals surface area contributed by atoms with Crippen LogP contribution in [0.3, 0.4) is 0 Å². The lowest BCUT2D eigenvalue weighted by molar-refractivity contribution is -0.143. The highest BCUT2D eigenvalue weighted by atomic mass is 16.4. The van der Waals surface area contributed by atoms with E-state index in [0.29, 0.717) is 19.4 Å². The molecule has 0 fully saturated rings. The molecule has 0 saturated carbocycles. The summed E-state index contributed by atoms with van der Waals surface area (Å²) in [6.45, 7) is 3.05. The SMILES string of the molecule is CC(C)[C@H](NC(=O)[C@@H](N)CO)C(=O)N[C@@H](CCCCN)C(=O)N[C@@H](CCC(=O)O)C(=O)O. The highest BCUT2D eigenvalue weighted by Crippen LogP contribution is 2.07. The van der Waals surface area contributed by atoms with Gasteiger partial charge in [0.15, 0.2) is 0 Å². The van der Waals surface area contributed by atoms with Gasteiger partial charge < -0.3 is 42.7 Å². The van der Waals surface area contributed by atoms with E-state index in [0.717, 1.165) is 0 Å². The Kier molecular flexibility index (Phi) is 13.8. The van der Waals surface area contributed by atoms with Gasteiger partial charge in [0.1, 0.15) is 24.2 Å². The predicted molar refractivity (Wildman–Crippen MR) is 113 cm³/mol. The average molecular weight is 462 g/mol. The zero-order valence-corrected chi connectivity index (χ0v) is 18.4. The minimum Gasteiger partial charge on any atom is -0.481 e. The molecule has 32 heavy (non-hydrogen) atoms. The smallest absolute Gasteiger partial charge is 0.326 e. The fourth-order valence-electron chi connectivity index (χ4n) is 2.70. The highest BCUT2D eigenvalue weighted by Gasteiger charge is 2.31. The summed E-state index contributed by atoms with van der Waals surface area (Å²) in [7, 11) is 0. The van der Waals surface area contributed by atoms with E-state index in [-0.39, 0.29) is 18.8 Å². The molecule has 0 aliphatic heterocycles. The molecule has 0 bridgehead atoms. The molecule has 4 atom stereocenters. The lowest BCUT2D eigenvalue weighted by atomic mass is 10.0. The average Bonchev–Trinajstić information content (AvgIpc) is 2.72. The first-order valence-electron chi connectivity index (χ1n) is 10.4. The Labute approximate surface area is 186 Å². The maximum Gasteiger partial charge on any atom is 0.326 e. The van der Waals surface area contributed by atoms with Crippen LogP contribution >= 0.6 is 0 Å². The van der Waals surface area contributed by atoms with Crippen LogP contribution in [0, 0.1) is 5.92 Å². The first kappa shape index (κ1) is 29.2. The normalized spacial score (nSPS) is 14.7. The summed E-state index contributed by atoms with van der Waals surface area (Å²) in [4.78, 5) is 59.6. The highest BCUT2D eigenvalue weighted by molar-refractivity contribution is 5.94. The van der Waals surface area contributed by atoms with E-state index in [2.05, 4.69) is 16.0 Å². The number of carboxylic acid groups (broad SMARTS) is 2. The van der Waals surface area contributed by atoms with Crippen molar-refractivity contribution in [3.05, 3.63) is 0 Å². The monoisotopic (exact) mass is 461 g/mol. The Bertz CT molecular complexity index is 658. The van der Waals surface area contributed by atoms with Gasteiger partial charge in [-0.25, -0.2) is 4.79 Å². The number of aliphatic carboxylic acids is 2. The zero-order chi connectivity index (χ0) is 24.8. The van der Waals surface area contributed by atoms with Crippen molar-refractivity contribution in [3.8, 4) is 0 Å². The molecule has 0 aliphatic carbocycles. The summed E-state index contributed by atoms with van der Waals surface area (Å²) in [6, 6.07) is -4.87. The van der Waals surface area contributed by atoms with E-state index in [1.165, 1.54) is 0 Å². The first-order chi connectivity index (χ1) is 14.9. The van der Waals surface area contributed by atoms with Gasteiger partial charge in [0, 0.05) is 6.42 Å². The van der Waals surface area contributed by atoms with Crippen molar-refractivity contribution in [1.29, 1.82) is 0 Å². The molecule has 3 amide bonds. The Hall–Kier alpha value is -2.77. The summed E-state index contributed by atoms with van der Waals surface area (Å²) in [6.07, 6.45) is 0.360. The lowest BCUT2D eigenvalue weighted by Crippen LogP contribution is -2.58. The number of carbonyl (C=O) groups is 5. The van der Waals surface area contributed by atoms with Crippen LogP contribution in [-0.4, -0.2) is 82.3 Å². The maximum absolute atomic E-state index is 12.8. The number of nitrogens with one attached hydrogen (secondary N) is 3. The van der Waals surface area contributed by atoms with Crippen molar-refractivity contribution < 1.29 is 39.3 Å². The summed E-state index contributed by atoms with van der Waals surface area (Å²) < 4.78 is 0. The number of unbranched alkanes of at least 4 members (excludes halogenated alkanes) is 1. The van der Waals surface area contributed by atoms with Gasteiger partial charge in [0.25, 0.3) is 0 Å². The molecule has 0 aromatic rings. The number of hydrogen-bond donors (Lipinski definition) is 8. The van der Waals surface area contributed by atoms with E-state index < -0.39 is 66.9 Å². The first-order valence-corrected chi connectivity index (χ1v) is 10.4. The van der Waals surface area contributed by atoms with Crippen LogP contribution in [0.25, 0.3) is 0 Å². The standard InChI is InChI=1S/C19H35N5O8/c1-10(2)15(24-16(28)11(21)9-25)18(30)22-12(5-3-4-8-20)17(29)23-13(19(31)32)6-7-14(26)27/h10-13,15,25H,3-9,20-21H2,1-2H3,(H,22,30)(H,23,29)(H,24,28)(H,26,27)(H,31,32)/t11-,12-,13-,15-/m0/s1. The van der Waals surface area contributed by atoms with E-state index in [1.807, 2.05) is 0 Å². The van der Waals surface area contributed by atoms with Crippen LogP contribution < -0.4 is 27.4 Å². The van der Waals surface area contributed by atoms with Crippen molar-refractivity contribution >= 4 is 29.7 Å². The Morgan fingerprint density at radius 2 is 1.44 bits per heavy atom. The Morgan fingerprint density at radius 3 is 1.91 bits per heavy atom. The Balaban J connectivity index is 5.41. The van der Waals surface area contributed by atoms with Gasteiger partial charge in [-0.1, -0.05) is 13.8 Å². The predicted octanol–water partition coefficient (Wildman–Crippen LogP) is -2.51. The summed E-state index contributed by atoms with van der Waals surface area (Å²) in [5.41, 5.74) is 10.9. The van der Waals surface area contributed by atoms with Gasteiger partial charge in [-0.05, 0) is 38.1 Å². The lowest BCUT2D eigenvalue weighted by Gasteiger charge is -2.26. The molecule has 0 spiro atoms. The summed E-state index contributed by atoms with van der Waals surface area (Å²) >= 11 is 0. The largest absolute Gasteiger partial charge is 0.481 e. The maximum atomic E-state index is 12.8. The van der Waals surface area contributed by atoms with Crippen molar-refractivity contribution in [2.45, 2.75) is 70.1 Å². The molecule has 0 aliphatic rings. The van der Waals surface area contributed by atoms with Gasteiger partial charge in [-0.15, -0.1) is 0 Å². The van der Waals surface area contributed by atoms with Gasteiger partial charge in [-0.3, -0.25) is 19.2 Å². The van der Waals surface area contributed by atoms with Gasteiger partial charge in [0.2, 0.25) is 17.7 Å². The number of nitrogens with two attached hydrogens (primary N) is 2. The third-order valence-electron chi connectivity index (χ3n) is 4.62.